The number of ether oxygens (including phenoxy) is 3. The third kappa shape index (κ3) is 4.15. The number of methoxy groups -OCH3 is 2. The molecule has 0 saturated carbocycles. The molecule has 0 radical (unpaired) electrons. The number of nitriles is 1. The molecule has 1 aromatic carbocycles. The van der Waals surface area contributed by atoms with Crippen molar-refractivity contribution in [1.82, 2.24) is 19.3 Å². The van der Waals surface area contributed by atoms with Crippen molar-refractivity contribution in [2.75, 3.05) is 20.8 Å². The Hall–Kier alpha value is -3.83. The Morgan fingerprint density at radius 3 is 2.67 bits per heavy atom. The molecule has 0 bridgehead atoms. The highest BCUT2D eigenvalue weighted by Gasteiger charge is 2.22. The third-order valence-electron chi connectivity index (χ3n) is 5.57. The summed E-state index contributed by atoms with van der Waals surface area (Å²) in [6, 6.07) is 13.5. The maximum absolute atomic E-state index is 9.37. The highest BCUT2D eigenvalue weighted by molar-refractivity contribution is 5.95. The number of fused-ring (bicyclic) bond motifs is 1. The highest BCUT2D eigenvalue weighted by atomic mass is 16.5. The first-order valence-corrected chi connectivity index (χ1v) is 10.8. The Labute approximate surface area is 192 Å². The van der Waals surface area contributed by atoms with E-state index < -0.39 is 0 Å². The summed E-state index contributed by atoms with van der Waals surface area (Å²) >= 11 is 0. The van der Waals surface area contributed by atoms with Crippen LogP contribution in [0.4, 0.5) is 0 Å². The molecule has 0 aliphatic rings. The maximum Gasteiger partial charge on any atom is 0.149 e. The maximum atomic E-state index is 9.37. The first-order valence-electron chi connectivity index (χ1n) is 10.8. The van der Waals surface area contributed by atoms with E-state index in [0.29, 0.717) is 23.7 Å². The number of rotatable bonds is 8. The molecule has 0 saturated heterocycles. The van der Waals surface area contributed by atoms with Gasteiger partial charge in [-0.15, -0.1) is 0 Å². The van der Waals surface area contributed by atoms with Gasteiger partial charge in [-0.1, -0.05) is 6.92 Å². The van der Waals surface area contributed by atoms with E-state index in [2.05, 4.69) is 13.0 Å². The average molecular weight is 446 g/mol. The summed E-state index contributed by atoms with van der Waals surface area (Å²) in [4.78, 5) is 4.79. The fraction of sp³-hybridized carbons (Fsp3) is 0.320. The largest absolute Gasteiger partial charge is 0.496 e. The molecule has 4 aromatic rings. The molecule has 4 rings (SSSR count). The predicted molar refractivity (Wildman–Crippen MR) is 126 cm³/mol. The second-order valence-electron chi connectivity index (χ2n) is 7.79. The zero-order valence-electron chi connectivity index (χ0n) is 19.5. The van der Waals surface area contributed by atoms with Crippen LogP contribution in [0.2, 0.25) is 0 Å². The molecule has 0 spiro atoms. The second kappa shape index (κ2) is 9.35. The lowest BCUT2D eigenvalue weighted by atomic mass is 10.1. The normalized spacial score (nSPS) is 12.0. The number of aryl methyl sites for hydroxylation is 2. The number of hydrogen-bond donors (Lipinski definition) is 0. The molecule has 0 aliphatic heterocycles. The van der Waals surface area contributed by atoms with Crippen molar-refractivity contribution in [3.63, 3.8) is 0 Å². The molecule has 0 fully saturated rings. The van der Waals surface area contributed by atoms with Crippen LogP contribution < -0.4 is 9.47 Å². The first-order chi connectivity index (χ1) is 16.0. The number of nitrogens with zero attached hydrogens (tertiary/aromatic N) is 5. The monoisotopic (exact) mass is 445 g/mol. The van der Waals surface area contributed by atoms with Crippen LogP contribution in [0.25, 0.3) is 28.0 Å². The first kappa shape index (κ1) is 22.4. The standard InChI is InChI=1S/C25H27N5O3/c1-6-19(15-31-4)33-22-12-16(2)27-24-23(28-29(3)25(22)24)20-10-9-17(13-21(20)32-5)30-11-7-8-18(30)14-26/h7-13,19H,6,15H2,1-5H3. The van der Waals surface area contributed by atoms with E-state index >= 15 is 0 Å². The van der Waals surface area contributed by atoms with Crippen LogP contribution in [0.5, 0.6) is 11.5 Å². The van der Waals surface area contributed by atoms with Gasteiger partial charge in [0.05, 0.1) is 13.7 Å². The van der Waals surface area contributed by atoms with E-state index in [1.807, 2.05) is 55.1 Å². The van der Waals surface area contributed by atoms with E-state index in [9.17, 15) is 5.26 Å². The molecule has 3 heterocycles. The van der Waals surface area contributed by atoms with Crippen LogP contribution in [0.15, 0.2) is 42.6 Å². The lowest BCUT2D eigenvalue weighted by molar-refractivity contribution is 0.0795. The van der Waals surface area contributed by atoms with Crippen molar-refractivity contribution in [3.05, 3.63) is 54.0 Å². The number of benzene rings is 1. The van der Waals surface area contributed by atoms with Crippen molar-refractivity contribution >= 4 is 11.0 Å². The summed E-state index contributed by atoms with van der Waals surface area (Å²) in [7, 11) is 5.18. The fourth-order valence-electron chi connectivity index (χ4n) is 3.96. The van der Waals surface area contributed by atoms with E-state index in [1.54, 1.807) is 25.0 Å². The Morgan fingerprint density at radius 1 is 1.15 bits per heavy atom. The number of pyridine rings is 1. The van der Waals surface area contributed by atoms with Gasteiger partial charge in [0.25, 0.3) is 0 Å². The van der Waals surface area contributed by atoms with Gasteiger partial charge in [-0.3, -0.25) is 4.68 Å². The minimum absolute atomic E-state index is 0.0666. The van der Waals surface area contributed by atoms with Gasteiger partial charge in [0.1, 0.15) is 46.1 Å². The van der Waals surface area contributed by atoms with Gasteiger partial charge in [0, 0.05) is 49.4 Å². The lowest BCUT2D eigenvalue weighted by Crippen LogP contribution is -2.21. The highest BCUT2D eigenvalue weighted by Crippen LogP contribution is 2.38. The summed E-state index contributed by atoms with van der Waals surface area (Å²) in [5, 5.41) is 14.2. The molecular weight excluding hydrogens is 418 g/mol. The van der Waals surface area contributed by atoms with E-state index in [0.717, 1.165) is 40.1 Å². The Morgan fingerprint density at radius 2 is 1.97 bits per heavy atom. The molecule has 8 nitrogen and oxygen atoms in total. The van der Waals surface area contributed by atoms with Crippen LogP contribution in [-0.2, 0) is 11.8 Å². The quantitative estimate of drug-likeness (QED) is 0.399. The Bertz CT molecular complexity index is 1330. The Kier molecular flexibility index (Phi) is 6.33. The molecule has 8 heteroatoms. The molecule has 1 atom stereocenters. The van der Waals surface area contributed by atoms with Gasteiger partial charge in [-0.05, 0) is 37.6 Å². The third-order valence-corrected chi connectivity index (χ3v) is 5.57. The zero-order chi connectivity index (χ0) is 23.5. The van der Waals surface area contributed by atoms with E-state index in [1.165, 1.54) is 0 Å². The molecule has 3 aromatic heterocycles. The summed E-state index contributed by atoms with van der Waals surface area (Å²) in [6.45, 7) is 4.51. The van der Waals surface area contributed by atoms with Crippen molar-refractivity contribution < 1.29 is 14.2 Å². The van der Waals surface area contributed by atoms with Gasteiger partial charge in [0.2, 0.25) is 0 Å². The van der Waals surface area contributed by atoms with Crippen LogP contribution >= 0.6 is 0 Å². The molecular formula is C25H27N5O3. The van der Waals surface area contributed by atoms with Crippen LogP contribution in [0.1, 0.15) is 24.7 Å². The lowest BCUT2D eigenvalue weighted by Gasteiger charge is -2.18. The number of aromatic nitrogens is 4. The van der Waals surface area contributed by atoms with Crippen molar-refractivity contribution in [2.24, 2.45) is 7.05 Å². The zero-order valence-corrected chi connectivity index (χ0v) is 19.5. The van der Waals surface area contributed by atoms with Crippen molar-refractivity contribution in [2.45, 2.75) is 26.4 Å². The average Bonchev–Trinajstić information content (AvgIpc) is 3.42. The van der Waals surface area contributed by atoms with Gasteiger partial charge in [-0.25, -0.2) is 4.98 Å². The molecule has 170 valence electrons. The predicted octanol–water partition coefficient (Wildman–Crippen LogP) is 4.42. The topological polar surface area (TPSA) is 87.1 Å². The van der Waals surface area contributed by atoms with Gasteiger partial charge in [-0.2, -0.15) is 10.4 Å². The van der Waals surface area contributed by atoms with Gasteiger partial charge >= 0.3 is 0 Å². The SMILES string of the molecule is CCC(COC)Oc1cc(C)nc2c(-c3ccc(-n4cccc4C#N)cc3OC)nn(C)c12. The minimum Gasteiger partial charge on any atom is -0.496 e. The second-order valence-corrected chi connectivity index (χ2v) is 7.79. The van der Waals surface area contributed by atoms with Gasteiger partial charge < -0.3 is 18.8 Å². The fourth-order valence-corrected chi connectivity index (χ4v) is 3.96. The van der Waals surface area contributed by atoms with Crippen LogP contribution in [0, 0.1) is 18.3 Å². The summed E-state index contributed by atoms with van der Waals surface area (Å²) < 4.78 is 20.9. The molecule has 0 amide bonds. The summed E-state index contributed by atoms with van der Waals surface area (Å²) in [5.74, 6) is 1.37. The van der Waals surface area contributed by atoms with Crippen molar-refractivity contribution in [3.8, 4) is 34.5 Å². The van der Waals surface area contributed by atoms with Gasteiger partial charge in [0.15, 0.2) is 0 Å². The van der Waals surface area contributed by atoms with Crippen LogP contribution in [0.3, 0.4) is 0 Å². The molecule has 0 N–H and O–H groups in total. The smallest absolute Gasteiger partial charge is 0.149 e. The Balaban J connectivity index is 1.84. The molecule has 33 heavy (non-hydrogen) atoms. The van der Waals surface area contributed by atoms with Crippen molar-refractivity contribution in [1.29, 1.82) is 5.26 Å². The minimum atomic E-state index is -0.0666. The molecule has 1 unspecified atom stereocenters. The molecule has 0 aliphatic carbocycles. The number of hydrogen-bond acceptors (Lipinski definition) is 6. The summed E-state index contributed by atoms with van der Waals surface area (Å²) in [6.07, 6.45) is 2.60. The van der Waals surface area contributed by atoms with Crippen LogP contribution in [-0.4, -0.2) is 46.3 Å². The van der Waals surface area contributed by atoms with E-state index in [-0.39, 0.29) is 6.10 Å². The van der Waals surface area contributed by atoms with E-state index in [4.69, 9.17) is 24.3 Å². The summed E-state index contributed by atoms with van der Waals surface area (Å²) in [5.41, 5.74) is 5.28.